The Morgan fingerprint density at radius 2 is 1.79 bits per heavy atom. The van der Waals surface area contributed by atoms with Crippen LogP contribution in [0.2, 0.25) is 0 Å². The summed E-state index contributed by atoms with van der Waals surface area (Å²) in [5, 5.41) is 0. The monoisotopic (exact) mass is 264 g/mol. The van der Waals surface area contributed by atoms with Gasteiger partial charge < -0.3 is 9.47 Å². The highest BCUT2D eigenvalue weighted by molar-refractivity contribution is 5.81. The molecule has 4 nitrogen and oxygen atoms in total. The molecule has 0 N–H and O–H groups in total. The van der Waals surface area contributed by atoms with Crippen molar-refractivity contribution in [2.45, 2.75) is 27.2 Å². The van der Waals surface area contributed by atoms with E-state index >= 15 is 0 Å². The molecule has 0 spiro atoms. The lowest BCUT2D eigenvalue weighted by atomic mass is 10.1. The third kappa shape index (κ3) is 7.76. The van der Waals surface area contributed by atoms with Crippen LogP contribution >= 0.6 is 0 Å². The molecule has 0 amide bonds. The van der Waals surface area contributed by atoms with Crippen LogP contribution in [-0.2, 0) is 20.7 Å². The summed E-state index contributed by atoms with van der Waals surface area (Å²) in [6, 6.07) is 7.04. The van der Waals surface area contributed by atoms with Crippen LogP contribution in [0, 0.1) is 0 Å². The van der Waals surface area contributed by atoms with Crippen LogP contribution in [0.25, 0.3) is 0 Å². The SMILES string of the molecule is C=CC(=O)OCCc1ccc(OC(C)=O)cc1.CC. The molecule has 0 saturated carbocycles. The molecule has 0 saturated heterocycles. The lowest BCUT2D eigenvalue weighted by Gasteiger charge is -2.04. The van der Waals surface area contributed by atoms with Gasteiger partial charge >= 0.3 is 11.9 Å². The van der Waals surface area contributed by atoms with Gasteiger partial charge in [-0.3, -0.25) is 4.79 Å². The van der Waals surface area contributed by atoms with Gasteiger partial charge in [-0.2, -0.15) is 0 Å². The second-order valence-corrected chi connectivity index (χ2v) is 3.36. The number of carbonyl (C=O) groups excluding carboxylic acids is 2. The van der Waals surface area contributed by atoms with E-state index in [1.807, 2.05) is 26.0 Å². The first kappa shape index (κ1) is 16.9. The number of hydrogen-bond acceptors (Lipinski definition) is 4. The van der Waals surface area contributed by atoms with Crippen molar-refractivity contribution in [2.75, 3.05) is 6.61 Å². The van der Waals surface area contributed by atoms with Crippen LogP contribution < -0.4 is 4.74 Å². The van der Waals surface area contributed by atoms with Crippen LogP contribution in [0.15, 0.2) is 36.9 Å². The molecule has 0 aliphatic carbocycles. The van der Waals surface area contributed by atoms with Gasteiger partial charge in [-0.15, -0.1) is 0 Å². The van der Waals surface area contributed by atoms with E-state index in [4.69, 9.17) is 9.47 Å². The quantitative estimate of drug-likeness (QED) is 0.466. The lowest BCUT2D eigenvalue weighted by molar-refractivity contribution is -0.137. The van der Waals surface area contributed by atoms with Crippen molar-refractivity contribution in [1.82, 2.24) is 0 Å². The van der Waals surface area contributed by atoms with E-state index < -0.39 is 5.97 Å². The fraction of sp³-hybridized carbons (Fsp3) is 0.333. The molecule has 0 heterocycles. The molecule has 19 heavy (non-hydrogen) atoms. The van der Waals surface area contributed by atoms with Crippen LogP contribution in [-0.4, -0.2) is 18.5 Å². The van der Waals surface area contributed by atoms with Gasteiger partial charge in [0.2, 0.25) is 0 Å². The van der Waals surface area contributed by atoms with Crippen LogP contribution in [0.4, 0.5) is 0 Å². The molecule has 0 aliphatic heterocycles. The first-order chi connectivity index (χ1) is 9.11. The Labute approximate surface area is 114 Å². The van der Waals surface area contributed by atoms with Crippen molar-refractivity contribution in [3.63, 3.8) is 0 Å². The van der Waals surface area contributed by atoms with Crippen LogP contribution in [0.1, 0.15) is 26.3 Å². The first-order valence-corrected chi connectivity index (χ1v) is 6.18. The normalized spacial score (nSPS) is 8.79. The van der Waals surface area contributed by atoms with Crippen LogP contribution in [0.5, 0.6) is 5.75 Å². The Morgan fingerprint density at radius 3 is 2.26 bits per heavy atom. The molecule has 0 unspecified atom stereocenters. The van der Waals surface area contributed by atoms with E-state index in [-0.39, 0.29) is 5.97 Å². The Kier molecular flexibility index (Phi) is 8.79. The Hall–Kier alpha value is -2.10. The molecule has 0 aliphatic rings. The maximum Gasteiger partial charge on any atom is 0.330 e. The van der Waals surface area contributed by atoms with Gasteiger partial charge in [0.25, 0.3) is 0 Å². The lowest BCUT2D eigenvalue weighted by Crippen LogP contribution is -2.04. The summed E-state index contributed by atoms with van der Waals surface area (Å²) in [6.45, 7) is 8.96. The number of esters is 2. The van der Waals surface area contributed by atoms with E-state index in [9.17, 15) is 9.59 Å². The highest BCUT2D eigenvalue weighted by Gasteiger charge is 2.00. The molecule has 1 aromatic carbocycles. The average Bonchev–Trinajstić information content (AvgIpc) is 2.42. The van der Waals surface area contributed by atoms with Crippen molar-refractivity contribution in [3.05, 3.63) is 42.5 Å². The van der Waals surface area contributed by atoms with Crippen molar-refractivity contribution in [3.8, 4) is 5.75 Å². The van der Waals surface area contributed by atoms with Crippen LogP contribution in [0.3, 0.4) is 0 Å². The molecule has 0 bridgehead atoms. The number of carbonyl (C=O) groups is 2. The van der Waals surface area contributed by atoms with Crippen molar-refractivity contribution in [2.24, 2.45) is 0 Å². The number of ether oxygens (including phenoxy) is 2. The van der Waals surface area contributed by atoms with E-state index in [0.717, 1.165) is 11.6 Å². The second kappa shape index (κ2) is 9.88. The van der Waals surface area contributed by atoms with E-state index in [2.05, 4.69) is 6.58 Å². The highest BCUT2D eigenvalue weighted by atomic mass is 16.5. The first-order valence-electron chi connectivity index (χ1n) is 6.18. The third-order valence-electron chi connectivity index (χ3n) is 1.99. The average molecular weight is 264 g/mol. The smallest absolute Gasteiger partial charge is 0.330 e. The summed E-state index contributed by atoms with van der Waals surface area (Å²) >= 11 is 0. The summed E-state index contributed by atoms with van der Waals surface area (Å²) in [5.74, 6) is -0.275. The minimum atomic E-state index is -0.429. The summed E-state index contributed by atoms with van der Waals surface area (Å²) in [6.07, 6.45) is 1.74. The molecular weight excluding hydrogens is 244 g/mol. The zero-order chi connectivity index (χ0) is 14.7. The number of rotatable bonds is 5. The topological polar surface area (TPSA) is 52.6 Å². The fourth-order valence-electron chi connectivity index (χ4n) is 1.22. The minimum Gasteiger partial charge on any atom is -0.462 e. The van der Waals surface area contributed by atoms with E-state index in [1.54, 1.807) is 12.1 Å². The van der Waals surface area contributed by atoms with E-state index in [0.29, 0.717) is 18.8 Å². The van der Waals surface area contributed by atoms with Gasteiger partial charge in [-0.05, 0) is 17.7 Å². The zero-order valence-corrected chi connectivity index (χ0v) is 11.6. The molecule has 1 rings (SSSR count). The molecule has 4 heteroatoms. The summed E-state index contributed by atoms with van der Waals surface area (Å²) in [4.78, 5) is 21.5. The zero-order valence-electron chi connectivity index (χ0n) is 11.6. The Balaban J connectivity index is 0.00000154. The van der Waals surface area contributed by atoms with Gasteiger partial charge in [0.05, 0.1) is 6.61 Å². The maximum absolute atomic E-state index is 10.8. The number of benzene rings is 1. The minimum absolute atomic E-state index is 0.303. The molecule has 1 aromatic rings. The van der Waals surface area contributed by atoms with Gasteiger partial charge in [0.1, 0.15) is 5.75 Å². The Bertz CT molecular complexity index is 407. The molecular formula is C15H20O4. The van der Waals surface area contributed by atoms with Gasteiger partial charge in [-0.1, -0.05) is 32.6 Å². The molecule has 0 aromatic heterocycles. The molecule has 0 atom stereocenters. The van der Waals surface area contributed by atoms with Gasteiger partial charge in [-0.25, -0.2) is 4.79 Å². The van der Waals surface area contributed by atoms with Crippen molar-refractivity contribution < 1.29 is 19.1 Å². The maximum atomic E-state index is 10.8. The fourth-order valence-corrected chi connectivity index (χ4v) is 1.22. The van der Waals surface area contributed by atoms with Crippen molar-refractivity contribution >= 4 is 11.9 Å². The summed E-state index contributed by atoms with van der Waals surface area (Å²) in [5.41, 5.74) is 0.998. The predicted molar refractivity (Wildman–Crippen MR) is 74.0 cm³/mol. The standard InChI is InChI=1S/C13H14O4.C2H6/c1-3-13(15)16-9-8-11-4-6-12(7-5-11)17-10(2)14;1-2/h3-7H,1,8-9H2,2H3;1-2H3. The number of hydrogen-bond donors (Lipinski definition) is 0. The highest BCUT2D eigenvalue weighted by Crippen LogP contribution is 2.12. The largest absolute Gasteiger partial charge is 0.462 e. The second-order valence-electron chi connectivity index (χ2n) is 3.36. The van der Waals surface area contributed by atoms with Crippen molar-refractivity contribution in [1.29, 1.82) is 0 Å². The van der Waals surface area contributed by atoms with E-state index in [1.165, 1.54) is 6.92 Å². The van der Waals surface area contributed by atoms with Gasteiger partial charge in [0.15, 0.2) is 0 Å². The summed E-state index contributed by atoms with van der Waals surface area (Å²) in [7, 11) is 0. The molecule has 104 valence electrons. The Morgan fingerprint density at radius 1 is 1.21 bits per heavy atom. The summed E-state index contributed by atoms with van der Waals surface area (Å²) < 4.78 is 9.74. The third-order valence-corrected chi connectivity index (χ3v) is 1.99. The predicted octanol–water partition coefficient (Wildman–Crippen LogP) is 2.91. The molecule has 0 fully saturated rings. The van der Waals surface area contributed by atoms with Gasteiger partial charge in [0, 0.05) is 19.4 Å². The molecule has 0 radical (unpaired) electrons.